The molecule has 3 aromatic carbocycles. The van der Waals surface area contributed by atoms with Crippen LogP contribution in [0.3, 0.4) is 0 Å². The average molecular weight is 508 g/mol. The Balaban J connectivity index is 1.51. The van der Waals surface area contributed by atoms with Crippen LogP contribution >= 0.6 is 0 Å². The van der Waals surface area contributed by atoms with Crippen molar-refractivity contribution < 1.29 is 27.9 Å². The molecule has 0 saturated carbocycles. The number of amides is 3. The van der Waals surface area contributed by atoms with Crippen LogP contribution in [-0.2, 0) is 16.0 Å². The summed E-state index contributed by atoms with van der Waals surface area (Å²) in [6.45, 7) is 2.85. The number of carbonyl (C=O) groups excluding carboxylic acids is 3. The van der Waals surface area contributed by atoms with Gasteiger partial charge >= 0.3 is 6.09 Å². The van der Waals surface area contributed by atoms with Crippen LogP contribution in [0, 0.1) is 0 Å². The maximum atomic E-state index is 13.1. The minimum Gasteiger partial charge on any atom is -0.450 e. The first-order chi connectivity index (χ1) is 17.4. The molecule has 2 aliphatic heterocycles. The standard InChI is InChI=1S/C26H25N3O6S/c1-2-35-26(32)27-15-13-17(14-16-27)29(36(33)34)23-12-11-22(18-7-3-4-8-19(18)23)28-24(30)20-9-5-6-10-21(20)25(28)31/h3-12,17H,2,13-16H2,1H3,(H,33,34). The Hall–Kier alpha value is -3.76. The lowest BCUT2D eigenvalue weighted by molar-refractivity contribution is 0.0924. The molecule has 2 heterocycles. The van der Waals surface area contributed by atoms with E-state index in [0.29, 0.717) is 59.2 Å². The van der Waals surface area contributed by atoms with Crippen LogP contribution in [0.25, 0.3) is 10.8 Å². The molecule has 9 nitrogen and oxygen atoms in total. The van der Waals surface area contributed by atoms with E-state index >= 15 is 0 Å². The van der Waals surface area contributed by atoms with E-state index in [-0.39, 0.29) is 18.7 Å². The first kappa shape index (κ1) is 24.0. The number of carbonyl (C=O) groups is 3. The Morgan fingerprint density at radius 3 is 2.14 bits per heavy atom. The number of hydrogen-bond donors (Lipinski definition) is 1. The Morgan fingerprint density at radius 2 is 1.56 bits per heavy atom. The molecule has 1 saturated heterocycles. The monoisotopic (exact) mass is 507 g/mol. The molecule has 3 amide bonds. The van der Waals surface area contributed by atoms with E-state index in [1.165, 1.54) is 4.31 Å². The zero-order valence-corrected chi connectivity index (χ0v) is 20.4. The van der Waals surface area contributed by atoms with E-state index in [1.807, 2.05) is 0 Å². The second-order valence-corrected chi connectivity index (χ2v) is 9.47. The van der Waals surface area contributed by atoms with Crippen molar-refractivity contribution in [3.8, 4) is 0 Å². The van der Waals surface area contributed by atoms with E-state index in [4.69, 9.17) is 4.74 Å². The summed E-state index contributed by atoms with van der Waals surface area (Å²) in [5.41, 5.74) is 1.63. The molecular weight excluding hydrogens is 482 g/mol. The number of rotatable bonds is 5. The molecule has 1 atom stereocenters. The summed E-state index contributed by atoms with van der Waals surface area (Å²) in [6.07, 6.45) is 0.586. The normalized spacial score (nSPS) is 16.8. The van der Waals surface area contributed by atoms with Crippen LogP contribution in [0.15, 0.2) is 60.7 Å². The number of hydrogen-bond acceptors (Lipinski definition) is 5. The third-order valence-electron chi connectivity index (χ3n) is 6.64. The summed E-state index contributed by atoms with van der Waals surface area (Å²) in [4.78, 5) is 41.1. The molecule has 186 valence electrons. The van der Waals surface area contributed by atoms with Crippen LogP contribution in [0.4, 0.5) is 16.2 Å². The minimum absolute atomic E-state index is 0.289. The van der Waals surface area contributed by atoms with Crippen molar-refractivity contribution in [1.82, 2.24) is 4.90 Å². The van der Waals surface area contributed by atoms with E-state index in [9.17, 15) is 23.1 Å². The largest absolute Gasteiger partial charge is 0.450 e. The number of fused-ring (bicyclic) bond motifs is 2. The quantitative estimate of drug-likeness (QED) is 0.410. The summed E-state index contributed by atoms with van der Waals surface area (Å²) in [5.74, 6) is -0.801. The van der Waals surface area contributed by atoms with Crippen LogP contribution < -0.4 is 9.21 Å². The van der Waals surface area contributed by atoms with E-state index < -0.39 is 23.1 Å². The van der Waals surface area contributed by atoms with Crippen LogP contribution in [0.5, 0.6) is 0 Å². The summed E-state index contributed by atoms with van der Waals surface area (Å²) in [5, 5.41) is 1.26. The molecule has 2 aliphatic rings. The van der Waals surface area contributed by atoms with Gasteiger partial charge in [0.15, 0.2) is 0 Å². The molecule has 1 fully saturated rings. The van der Waals surface area contributed by atoms with Crippen LogP contribution in [-0.4, -0.2) is 57.3 Å². The molecule has 1 unspecified atom stereocenters. The number of piperidine rings is 1. The Morgan fingerprint density at radius 1 is 0.972 bits per heavy atom. The lowest BCUT2D eigenvalue weighted by Gasteiger charge is -2.37. The van der Waals surface area contributed by atoms with Gasteiger partial charge in [-0.05, 0) is 44.0 Å². The lowest BCUT2D eigenvalue weighted by Crippen LogP contribution is -2.47. The predicted molar refractivity (Wildman–Crippen MR) is 136 cm³/mol. The molecule has 0 radical (unpaired) electrons. The molecule has 10 heteroatoms. The van der Waals surface area contributed by atoms with Crippen molar-refractivity contribution in [3.63, 3.8) is 0 Å². The number of ether oxygens (including phenoxy) is 1. The van der Waals surface area contributed by atoms with Gasteiger partial charge in [0, 0.05) is 29.9 Å². The van der Waals surface area contributed by atoms with Gasteiger partial charge in [0.2, 0.25) is 0 Å². The van der Waals surface area contributed by atoms with Gasteiger partial charge in [0.25, 0.3) is 23.1 Å². The SMILES string of the molecule is CCOC(=O)N1CCC(N(c2ccc(N3C(=O)c4ccccc4C3=O)c3ccccc23)S(=O)O)CC1. The van der Waals surface area contributed by atoms with Crippen molar-refractivity contribution in [2.75, 3.05) is 28.9 Å². The summed E-state index contributed by atoms with van der Waals surface area (Å²) < 4.78 is 29.4. The van der Waals surface area contributed by atoms with Gasteiger partial charge in [-0.3, -0.25) is 18.4 Å². The van der Waals surface area contributed by atoms with Crippen molar-refractivity contribution >= 4 is 51.3 Å². The molecular formula is C26H25N3O6S. The van der Waals surface area contributed by atoms with Gasteiger partial charge in [0.1, 0.15) is 0 Å². The summed E-state index contributed by atoms with van der Waals surface area (Å²) in [6, 6.07) is 16.9. The maximum Gasteiger partial charge on any atom is 0.409 e. The molecule has 36 heavy (non-hydrogen) atoms. The van der Waals surface area contributed by atoms with Gasteiger partial charge < -0.3 is 9.64 Å². The highest BCUT2D eigenvalue weighted by Crippen LogP contribution is 2.39. The molecule has 1 N–H and O–H groups in total. The van der Waals surface area contributed by atoms with Gasteiger partial charge in [-0.25, -0.2) is 13.9 Å². The number of likely N-dealkylation sites (tertiary alicyclic amines) is 1. The van der Waals surface area contributed by atoms with Crippen molar-refractivity contribution in [1.29, 1.82) is 0 Å². The van der Waals surface area contributed by atoms with Crippen molar-refractivity contribution in [3.05, 3.63) is 71.8 Å². The zero-order valence-electron chi connectivity index (χ0n) is 19.6. The highest BCUT2D eigenvalue weighted by molar-refractivity contribution is 7.80. The molecule has 3 aromatic rings. The number of imide groups is 1. The second-order valence-electron chi connectivity index (χ2n) is 8.61. The van der Waals surface area contributed by atoms with Crippen molar-refractivity contribution in [2.24, 2.45) is 0 Å². The second kappa shape index (κ2) is 9.71. The topological polar surface area (TPSA) is 107 Å². The highest BCUT2D eigenvalue weighted by Gasteiger charge is 2.38. The highest BCUT2D eigenvalue weighted by atomic mass is 32.2. The minimum atomic E-state index is -2.34. The Bertz CT molecular complexity index is 1350. The zero-order chi connectivity index (χ0) is 25.4. The lowest BCUT2D eigenvalue weighted by atomic mass is 10.0. The third kappa shape index (κ3) is 4.02. The van der Waals surface area contributed by atoms with Crippen molar-refractivity contribution in [2.45, 2.75) is 25.8 Å². The van der Waals surface area contributed by atoms with Crippen LogP contribution in [0.1, 0.15) is 40.5 Å². The maximum absolute atomic E-state index is 13.1. The number of anilines is 2. The van der Waals surface area contributed by atoms with E-state index in [2.05, 4.69) is 0 Å². The fourth-order valence-electron chi connectivity index (χ4n) is 4.97. The van der Waals surface area contributed by atoms with Gasteiger partial charge in [-0.15, -0.1) is 0 Å². The first-order valence-electron chi connectivity index (χ1n) is 11.7. The Kier molecular flexibility index (Phi) is 6.46. The van der Waals surface area contributed by atoms with Gasteiger partial charge in [0.05, 0.1) is 29.1 Å². The van der Waals surface area contributed by atoms with E-state index in [0.717, 1.165) is 4.90 Å². The van der Waals surface area contributed by atoms with Crippen LogP contribution in [0.2, 0.25) is 0 Å². The molecule has 0 spiro atoms. The van der Waals surface area contributed by atoms with Gasteiger partial charge in [-0.1, -0.05) is 36.4 Å². The first-order valence-corrected chi connectivity index (χ1v) is 12.8. The number of benzene rings is 3. The van der Waals surface area contributed by atoms with Gasteiger partial charge in [-0.2, -0.15) is 0 Å². The molecule has 0 aromatic heterocycles. The molecule has 5 rings (SSSR count). The van der Waals surface area contributed by atoms with E-state index in [1.54, 1.807) is 72.5 Å². The molecule has 0 aliphatic carbocycles. The predicted octanol–water partition coefficient (Wildman–Crippen LogP) is 4.20. The fourth-order valence-corrected chi connectivity index (χ4v) is 5.76. The number of nitrogens with zero attached hydrogens (tertiary/aromatic N) is 3. The molecule has 0 bridgehead atoms. The average Bonchev–Trinajstić information content (AvgIpc) is 3.14. The third-order valence-corrected chi connectivity index (χ3v) is 7.47. The smallest absolute Gasteiger partial charge is 0.409 e. The Labute approximate surface area is 210 Å². The fraction of sp³-hybridized carbons (Fsp3) is 0.269. The summed E-state index contributed by atoms with van der Waals surface area (Å²) in [7, 11) is 0. The summed E-state index contributed by atoms with van der Waals surface area (Å²) >= 11 is -2.34.